The fourth-order valence-corrected chi connectivity index (χ4v) is 3.81. The average Bonchev–Trinajstić information content (AvgIpc) is 3.11. The molecule has 3 unspecified atom stereocenters. The van der Waals surface area contributed by atoms with Crippen molar-refractivity contribution in [3.8, 4) is 0 Å². The van der Waals surface area contributed by atoms with Gasteiger partial charge in [0.25, 0.3) is 0 Å². The molecule has 0 radical (unpaired) electrons. The minimum Gasteiger partial charge on any atom is -0.392 e. The van der Waals surface area contributed by atoms with Crippen molar-refractivity contribution < 1.29 is 9.68 Å². The van der Waals surface area contributed by atoms with Crippen LogP contribution in [0, 0.1) is 0 Å². The van der Waals surface area contributed by atoms with Gasteiger partial charge in [-0.15, -0.1) is 0 Å². The summed E-state index contributed by atoms with van der Waals surface area (Å²) in [6.07, 6.45) is 5.43. The molecule has 1 aromatic rings. The average molecular weight is 313 g/mol. The van der Waals surface area contributed by atoms with E-state index in [1.165, 1.54) is 18.6 Å². The van der Waals surface area contributed by atoms with Gasteiger partial charge >= 0.3 is 0 Å². The second kappa shape index (κ2) is 6.32. The molecule has 2 saturated heterocycles. The van der Waals surface area contributed by atoms with E-state index in [-0.39, 0.29) is 6.10 Å². The van der Waals surface area contributed by atoms with E-state index in [0.29, 0.717) is 18.7 Å². The molecular weight excluding hydrogens is 290 g/mol. The van der Waals surface area contributed by atoms with Gasteiger partial charge in [-0.05, 0) is 25.5 Å². The smallest absolute Gasteiger partial charge is 0.169 e. The number of rotatable bonds is 4. The highest BCUT2D eigenvalue weighted by molar-refractivity contribution is 6.01. The van der Waals surface area contributed by atoms with Crippen molar-refractivity contribution in [1.29, 1.82) is 0 Å². The van der Waals surface area contributed by atoms with Crippen molar-refractivity contribution in [2.45, 2.75) is 50.3 Å². The van der Waals surface area contributed by atoms with Crippen molar-refractivity contribution in [2.75, 3.05) is 13.7 Å². The summed E-state index contributed by atoms with van der Waals surface area (Å²) < 4.78 is 0. The molecule has 3 atom stereocenters. The Bertz CT molecular complexity index is 598. The van der Waals surface area contributed by atoms with E-state index in [1.54, 1.807) is 0 Å². The number of hydrogen-bond acceptors (Lipinski definition) is 5. The predicted octanol–water partition coefficient (Wildman–Crippen LogP) is 2.81. The molecule has 2 fully saturated rings. The van der Waals surface area contributed by atoms with Crippen LogP contribution in [0.3, 0.4) is 0 Å². The quantitative estimate of drug-likeness (QED) is 0.803. The maximum atomic E-state index is 5.57. The van der Waals surface area contributed by atoms with Crippen LogP contribution < -0.4 is 0 Å². The number of piperidine rings is 1. The zero-order valence-electron chi connectivity index (χ0n) is 13.5. The highest BCUT2D eigenvalue weighted by atomic mass is 16.7. The molecule has 3 aliphatic rings. The predicted molar refractivity (Wildman–Crippen MR) is 89.7 cm³/mol. The van der Waals surface area contributed by atoms with Gasteiger partial charge in [0, 0.05) is 31.3 Å². The van der Waals surface area contributed by atoms with Crippen molar-refractivity contribution in [3.63, 3.8) is 0 Å². The van der Waals surface area contributed by atoms with Gasteiger partial charge in [-0.1, -0.05) is 40.6 Å². The van der Waals surface area contributed by atoms with E-state index < -0.39 is 0 Å². The molecule has 0 N–H and O–H groups in total. The summed E-state index contributed by atoms with van der Waals surface area (Å²) in [4.78, 5) is 13.5. The summed E-state index contributed by atoms with van der Waals surface area (Å²) in [6.45, 7) is 0.467. The second-order valence-corrected chi connectivity index (χ2v) is 6.75. The molecule has 5 nitrogen and oxygen atoms in total. The summed E-state index contributed by atoms with van der Waals surface area (Å²) in [5.41, 5.74) is 3.31. The third-order valence-electron chi connectivity index (χ3n) is 5.22. The Kier molecular flexibility index (Phi) is 4.04. The normalized spacial score (nSPS) is 30.0. The maximum Gasteiger partial charge on any atom is 0.169 e. The van der Waals surface area contributed by atoms with Gasteiger partial charge in [-0.25, -0.2) is 0 Å². The molecule has 2 bridgehead atoms. The van der Waals surface area contributed by atoms with Crippen LogP contribution >= 0.6 is 0 Å². The van der Waals surface area contributed by atoms with E-state index in [2.05, 4.69) is 34.4 Å². The molecule has 0 aliphatic carbocycles. The molecule has 0 amide bonds. The van der Waals surface area contributed by atoms with Gasteiger partial charge < -0.3 is 9.68 Å². The first-order valence-corrected chi connectivity index (χ1v) is 8.47. The van der Waals surface area contributed by atoms with E-state index in [0.717, 1.165) is 30.5 Å². The van der Waals surface area contributed by atoms with Gasteiger partial charge in [0.05, 0.1) is 11.4 Å². The third kappa shape index (κ3) is 3.11. The Labute approximate surface area is 136 Å². The van der Waals surface area contributed by atoms with E-state index in [1.807, 2.05) is 18.2 Å². The zero-order chi connectivity index (χ0) is 15.6. The number of hydrogen-bond donors (Lipinski definition) is 0. The van der Waals surface area contributed by atoms with Crippen molar-refractivity contribution >= 4 is 11.4 Å². The van der Waals surface area contributed by atoms with Crippen LogP contribution in [0.1, 0.15) is 37.7 Å². The summed E-state index contributed by atoms with van der Waals surface area (Å²) in [6, 6.07) is 11.5. The van der Waals surface area contributed by atoms with Gasteiger partial charge in [-0.3, -0.25) is 4.90 Å². The zero-order valence-corrected chi connectivity index (χ0v) is 13.5. The van der Waals surface area contributed by atoms with Crippen LogP contribution in [0.5, 0.6) is 0 Å². The van der Waals surface area contributed by atoms with Crippen molar-refractivity contribution in [1.82, 2.24) is 4.90 Å². The van der Waals surface area contributed by atoms with Crippen LogP contribution in [-0.4, -0.2) is 48.2 Å². The van der Waals surface area contributed by atoms with Gasteiger partial charge in [-0.2, -0.15) is 0 Å². The Morgan fingerprint density at radius 2 is 1.91 bits per heavy atom. The van der Waals surface area contributed by atoms with Gasteiger partial charge in [0.15, 0.2) is 12.7 Å². The molecule has 0 aromatic heterocycles. The molecule has 0 spiro atoms. The minimum atomic E-state index is -0.0301. The SMILES string of the molecule is CN1C2CCC1CC(=NOCC1CC(c3ccccc3)=NO1)C2. The Morgan fingerprint density at radius 3 is 2.65 bits per heavy atom. The molecular formula is C18H23N3O2. The fraction of sp³-hybridized carbons (Fsp3) is 0.556. The lowest BCUT2D eigenvalue weighted by Gasteiger charge is -2.31. The minimum absolute atomic E-state index is 0.0301. The Balaban J connectivity index is 1.26. The molecule has 5 heteroatoms. The summed E-state index contributed by atoms with van der Waals surface area (Å²) in [7, 11) is 2.23. The topological polar surface area (TPSA) is 46.4 Å². The highest BCUT2D eigenvalue weighted by Gasteiger charge is 2.37. The molecule has 1 aromatic carbocycles. The molecule has 0 saturated carbocycles. The molecule has 23 heavy (non-hydrogen) atoms. The Hall–Kier alpha value is -1.88. The standard InChI is InChI=1S/C18H23N3O2/c1-21-15-7-8-16(21)10-14(9-15)19-22-12-17-11-18(20-23-17)13-5-3-2-4-6-13/h2-6,15-17H,7-12H2,1H3. The van der Waals surface area contributed by atoms with Crippen LogP contribution in [-0.2, 0) is 9.68 Å². The largest absolute Gasteiger partial charge is 0.392 e. The number of benzene rings is 1. The third-order valence-corrected chi connectivity index (χ3v) is 5.22. The number of oxime groups is 2. The fourth-order valence-electron chi connectivity index (χ4n) is 3.81. The van der Waals surface area contributed by atoms with Crippen molar-refractivity contribution in [2.24, 2.45) is 10.3 Å². The molecule has 4 rings (SSSR count). The van der Waals surface area contributed by atoms with Gasteiger partial charge in [0.2, 0.25) is 0 Å². The lowest BCUT2D eigenvalue weighted by Crippen LogP contribution is -2.40. The molecule has 122 valence electrons. The van der Waals surface area contributed by atoms with Crippen LogP contribution in [0.2, 0.25) is 0 Å². The van der Waals surface area contributed by atoms with E-state index in [9.17, 15) is 0 Å². The number of fused-ring (bicyclic) bond motifs is 2. The van der Waals surface area contributed by atoms with Crippen molar-refractivity contribution in [3.05, 3.63) is 35.9 Å². The summed E-state index contributed by atoms with van der Waals surface area (Å²) in [5.74, 6) is 0. The van der Waals surface area contributed by atoms with Gasteiger partial charge in [0.1, 0.15) is 0 Å². The van der Waals surface area contributed by atoms with Crippen LogP contribution in [0.15, 0.2) is 40.6 Å². The summed E-state index contributed by atoms with van der Waals surface area (Å²) >= 11 is 0. The van der Waals surface area contributed by atoms with E-state index in [4.69, 9.17) is 9.68 Å². The first-order chi connectivity index (χ1) is 11.3. The first kappa shape index (κ1) is 14.7. The first-order valence-electron chi connectivity index (χ1n) is 8.47. The van der Waals surface area contributed by atoms with Crippen LogP contribution in [0.25, 0.3) is 0 Å². The lowest BCUT2D eigenvalue weighted by molar-refractivity contribution is 0.00398. The second-order valence-electron chi connectivity index (χ2n) is 6.75. The Morgan fingerprint density at radius 1 is 1.17 bits per heavy atom. The molecule has 3 heterocycles. The van der Waals surface area contributed by atoms with E-state index >= 15 is 0 Å². The molecule has 3 aliphatic heterocycles. The highest BCUT2D eigenvalue weighted by Crippen LogP contribution is 2.32. The monoisotopic (exact) mass is 313 g/mol. The lowest BCUT2D eigenvalue weighted by atomic mass is 10.0. The van der Waals surface area contributed by atoms with Crippen LogP contribution in [0.4, 0.5) is 0 Å². The maximum absolute atomic E-state index is 5.57. The number of nitrogens with zero attached hydrogens (tertiary/aromatic N) is 3. The summed E-state index contributed by atoms with van der Waals surface area (Å²) in [5, 5.41) is 8.56.